The number of hydrogen-bond donors (Lipinski definition) is 1. The first-order chi connectivity index (χ1) is 8.64. The zero-order chi connectivity index (χ0) is 12.8. The highest BCUT2D eigenvalue weighted by Gasteiger charge is 2.45. The van der Waals surface area contributed by atoms with E-state index in [1.165, 1.54) is 0 Å². The number of Topliss-reactive ketones (excluding diaryl/α,β-unsaturated/α-hetero) is 1. The molecule has 0 saturated carbocycles. The van der Waals surface area contributed by atoms with Crippen molar-refractivity contribution in [3.05, 3.63) is 17.5 Å². The van der Waals surface area contributed by atoms with Crippen LogP contribution in [0.1, 0.15) is 55.2 Å². The summed E-state index contributed by atoms with van der Waals surface area (Å²) in [6, 6.07) is 0.259. The minimum absolute atomic E-state index is 0.106. The predicted octanol–water partition coefficient (Wildman–Crippen LogP) is 1.96. The van der Waals surface area contributed by atoms with Crippen LogP contribution in [0.4, 0.5) is 0 Å². The summed E-state index contributed by atoms with van der Waals surface area (Å²) in [5.41, 5.74) is 1.93. The van der Waals surface area contributed by atoms with Crippen LogP contribution in [0.5, 0.6) is 0 Å². The zero-order valence-electron chi connectivity index (χ0n) is 11.2. The monoisotopic (exact) mass is 247 g/mol. The number of rotatable bonds is 1. The van der Waals surface area contributed by atoms with Crippen LogP contribution < -0.4 is 5.32 Å². The van der Waals surface area contributed by atoms with Crippen LogP contribution in [-0.2, 0) is 6.42 Å². The van der Waals surface area contributed by atoms with Crippen LogP contribution in [0.25, 0.3) is 0 Å². The molecule has 1 aliphatic heterocycles. The maximum Gasteiger partial charge on any atom is 0.187 e. The number of carbonyl (C=O) groups excluding carboxylic acids is 1. The molecule has 0 amide bonds. The summed E-state index contributed by atoms with van der Waals surface area (Å²) in [6.07, 6.45) is 5.86. The van der Waals surface area contributed by atoms with Gasteiger partial charge in [-0.2, -0.15) is 5.10 Å². The molecule has 0 bridgehead atoms. The van der Waals surface area contributed by atoms with Crippen LogP contribution in [0.15, 0.2) is 6.20 Å². The lowest BCUT2D eigenvalue weighted by atomic mass is 9.67. The van der Waals surface area contributed by atoms with Crippen molar-refractivity contribution in [2.75, 3.05) is 13.1 Å². The quantitative estimate of drug-likeness (QED) is 0.825. The number of ketones is 1. The molecule has 1 aliphatic carbocycles. The third kappa shape index (κ3) is 1.62. The maximum atomic E-state index is 12.9. The Morgan fingerprint density at radius 2 is 2.06 bits per heavy atom. The molecule has 0 unspecified atom stereocenters. The van der Waals surface area contributed by atoms with Crippen molar-refractivity contribution in [2.45, 2.75) is 45.6 Å². The van der Waals surface area contributed by atoms with Crippen molar-refractivity contribution in [1.29, 1.82) is 0 Å². The lowest BCUT2D eigenvalue weighted by Gasteiger charge is -2.39. The van der Waals surface area contributed by atoms with Crippen LogP contribution in [0, 0.1) is 5.41 Å². The van der Waals surface area contributed by atoms with E-state index in [1.54, 1.807) is 0 Å². The molecule has 3 rings (SSSR count). The van der Waals surface area contributed by atoms with Gasteiger partial charge in [-0.05, 0) is 52.6 Å². The lowest BCUT2D eigenvalue weighted by molar-refractivity contribution is 0.0670. The Balaban J connectivity index is 2.02. The van der Waals surface area contributed by atoms with E-state index in [0.29, 0.717) is 5.78 Å². The Labute approximate surface area is 108 Å². The number of nitrogens with one attached hydrogen (secondary N) is 1. The Morgan fingerprint density at radius 1 is 1.33 bits per heavy atom. The summed E-state index contributed by atoms with van der Waals surface area (Å²) < 4.78 is 1.92. The van der Waals surface area contributed by atoms with Gasteiger partial charge in [0.1, 0.15) is 5.69 Å². The van der Waals surface area contributed by atoms with Gasteiger partial charge in [0.25, 0.3) is 0 Å². The molecule has 1 N–H and O–H groups in total. The topological polar surface area (TPSA) is 46.9 Å². The number of fused-ring (bicyclic) bond motifs is 1. The molecule has 1 aromatic heterocycles. The molecule has 1 aromatic rings. The highest BCUT2D eigenvalue weighted by molar-refractivity contribution is 6.01. The number of carbonyl (C=O) groups is 1. The Kier molecular flexibility index (Phi) is 2.77. The van der Waals surface area contributed by atoms with E-state index in [9.17, 15) is 4.79 Å². The second kappa shape index (κ2) is 4.19. The fourth-order valence-corrected chi connectivity index (χ4v) is 3.34. The predicted molar refractivity (Wildman–Crippen MR) is 69.8 cm³/mol. The fourth-order valence-electron chi connectivity index (χ4n) is 3.34. The van der Waals surface area contributed by atoms with Crippen LogP contribution in [0.3, 0.4) is 0 Å². The molecule has 2 aliphatic rings. The van der Waals surface area contributed by atoms with Gasteiger partial charge in [0.2, 0.25) is 0 Å². The summed E-state index contributed by atoms with van der Waals surface area (Å²) in [7, 11) is 0. The SMILES string of the molecule is CC(C)n1ncc2c1C(=O)C1(CCNCC1)CC2. The second-order valence-corrected chi connectivity index (χ2v) is 5.92. The molecule has 98 valence electrons. The fraction of sp³-hybridized carbons (Fsp3) is 0.714. The molecule has 0 aromatic carbocycles. The van der Waals surface area contributed by atoms with E-state index < -0.39 is 0 Å². The van der Waals surface area contributed by atoms with Gasteiger partial charge in [-0.15, -0.1) is 0 Å². The van der Waals surface area contributed by atoms with Gasteiger partial charge in [0, 0.05) is 17.0 Å². The third-order valence-corrected chi connectivity index (χ3v) is 4.49. The number of aromatic nitrogens is 2. The van der Waals surface area contributed by atoms with E-state index >= 15 is 0 Å². The average molecular weight is 247 g/mol. The highest BCUT2D eigenvalue weighted by Crippen LogP contribution is 2.42. The highest BCUT2D eigenvalue weighted by atomic mass is 16.1. The van der Waals surface area contributed by atoms with E-state index in [1.807, 2.05) is 10.9 Å². The first kappa shape index (κ1) is 11.9. The summed E-state index contributed by atoms with van der Waals surface area (Å²) in [5, 5.41) is 7.76. The Hall–Kier alpha value is -1.16. The smallest absolute Gasteiger partial charge is 0.187 e. The largest absolute Gasteiger partial charge is 0.317 e. The number of aryl methyl sites for hydroxylation is 1. The Bertz CT molecular complexity index is 469. The van der Waals surface area contributed by atoms with E-state index in [-0.39, 0.29) is 11.5 Å². The standard InChI is InChI=1S/C14H21N3O/c1-10(2)17-12-11(9-16-17)3-4-14(13(12)18)5-7-15-8-6-14/h9-10,15H,3-8H2,1-2H3. The summed E-state index contributed by atoms with van der Waals surface area (Å²) in [4.78, 5) is 12.9. The van der Waals surface area contributed by atoms with Crippen LogP contribution >= 0.6 is 0 Å². The minimum Gasteiger partial charge on any atom is -0.317 e. The van der Waals surface area contributed by atoms with Gasteiger partial charge in [-0.3, -0.25) is 9.48 Å². The van der Waals surface area contributed by atoms with Crippen molar-refractivity contribution >= 4 is 5.78 Å². The first-order valence-corrected chi connectivity index (χ1v) is 6.96. The Morgan fingerprint density at radius 3 is 2.72 bits per heavy atom. The molecule has 1 fully saturated rings. The van der Waals surface area contributed by atoms with Crippen molar-refractivity contribution in [2.24, 2.45) is 5.41 Å². The van der Waals surface area contributed by atoms with Gasteiger partial charge in [-0.25, -0.2) is 0 Å². The molecule has 4 nitrogen and oxygen atoms in total. The average Bonchev–Trinajstić information content (AvgIpc) is 2.80. The molecular weight excluding hydrogens is 226 g/mol. The van der Waals surface area contributed by atoms with Crippen LogP contribution in [0.2, 0.25) is 0 Å². The molecule has 4 heteroatoms. The van der Waals surface area contributed by atoms with Gasteiger partial charge in [0.05, 0.1) is 6.20 Å². The molecule has 0 radical (unpaired) electrons. The molecule has 1 spiro atoms. The van der Waals surface area contributed by atoms with Crippen molar-refractivity contribution < 1.29 is 4.79 Å². The lowest BCUT2D eigenvalue weighted by Crippen LogP contribution is -2.45. The first-order valence-electron chi connectivity index (χ1n) is 6.96. The summed E-state index contributed by atoms with van der Waals surface area (Å²) in [5.74, 6) is 0.344. The van der Waals surface area contributed by atoms with Gasteiger partial charge in [0.15, 0.2) is 5.78 Å². The van der Waals surface area contributed by atoms with Gasteiger partial charge < -0.3 is 5.32 Å². The number of piperidine rings is 1. The van der Waals surface area contributed by atoms with Gasteiger partial charge >= 0.3 is 0 Å². The molecule has 18 heavy (non-hydrogen) atoms. The second-order valence-electron chi connectivity index (χ2n) is 5.92. The molecule has 0 atom stereocenters. The van der Waals surface area contributed by atoms with E-state index in [0.717, 1.165) is 50.0 Å². The van der Waals surface area contributed by atoms with Crippen molar-refractivity contribution in [1.82, 2.24) is 15.1 Å². The van der Waals surface area contributed by atoms with Crippen molar-refractivity contribution in [3.8, 4) is 0 Å². The summed E-state index contributed by atoms with van der Waals surface area (Å²) in [6.45, 7) is 6.11. The van der Waals surface area contributed by atoms with Gasteiger partial charge in [-0.1, -0.05) is 0 Å². The van der Waals surface area contributed by atoms with E-state index in [2.05, 4.69) is 24.3 Å². The molecular formula is C14H21N3O. The molecule has 1 saturated heterocycles. The van der Waals surface area contributed by atoms with Crippen LogP contribution in [-0.4, -0.2) is 28.7 Å². The summed E-state index contributed by atoms with van der Waals surface area (Å²) >= 11 is 0. The maximum absolute atomic E-state index is 12.9. The normalized spacial score (nSPS) is 22.5. The van der Waals surface area contributed by atoms with E-state index in [4.69, 9.17) is 0 Å². The number of nitrogens with zero attached hydrogens (tertiary/aromatic N) is 2. The minimum atomic E-state index is -0.106. The van der Waals surface area contributed by atoms with Crippen molar-refractivity contribution in [3.63, 3.8) is 0 Å². The zero-order valence-corrected chi connectivity index (χ0v) is 11.2. The molecule has 2 heterocycles. The number of hydrogen-bond acceptors (Lipinski definition) is 3. The third-order valence-electron chi connectivity index (χ3n) is 4.49.